The van der Waals surface area contributed by atoms with Crippen molar-refractivity contribution in [2.75, 3.05) is 11.9 Å². The number of hydrogen-bond donors (Lipinski definition) is 0. The summed E-state index contributed by atoms with van der Waals surface area (Å²) in [6.07, 6.45) is 1.21. The monoisotopic (exact) mass is 279 g/mol. The van der Waals surface area contributed by atoms with Crippen LogP contribution < -0.4 is 4.90 Å². The lowest BCUT2D eigenvalue weighted by Crippen LogP contribution is -2.31. The third-order valence-electron chi connectivity index (χ3n) is 4.00. The zero-order valence-electron chi connectivity index (χ0n) is 12.2. The smallest absolute Gasteiger partial charge is 0.227 e. The molecule has 0 aromatic heterocycles. The molecule has 3 heteroatoms. The van der Waals surface area contributed by atoms with E-state index in [2.05, 4.69) is 0 Å². The summed E-state index contributed by atoms with van der Waals surface area (Å²) in [7, 11) is 1.78. The third-order valence-corrected chi connectivity index (χ3v) is 4.00. The van der Waals surface area contributed by atoms with Gasteiger partial charge in [0.1, 0.15) is 0 Å². The van der Waals surface area contributed by atoms with Crippen LogP contribution in [0.25, 0.3) is 0 Å². The Kier molecular flexibility index (Phi) is 3.34. The third kappa shape index (κ3) is 2.47. The fourth-order valence-corrected chi connectivity index (χ4v) is 2.67. The topological polar surface area (TPSA) is 37.4 Å². The predicted octanol–water partition coefficient (Wildman–Crippen LogP) is 3.14. The lowest BCUT2D eigenvalue weighted by atomic mass is 9.95. The van der Waals surface area contributed by atoms with Gasteiger partial charge in [0.25, 0.3) is 0 Å². The van der Waals surface area contributed by atoms with E-state index < -0.39 is 0 Å². The van der Waals surface area contributed by atoms with Gasteiger partial charge in [-0.15, -0.1) is 0 Å². The van der Waals surface area contributed by atoms with Crippen molar-refractivity contribution in [1.82, 2.24) is 0 Å². The summed E-state index contributed by atoms with van der Waals surface area (Å²) in [4.78, 5) is 25.9. The number of carbonyl (C=O) groups excluding carboxylic acids is 2. The van der Waals surface area contributed by atoms with Gasteiger partial charge in [-0.2, -0.15) is 0 Å². The molecular formula is C18H17NO2. The average Bonchev–Trinajstić information content (AvgIpc) is 2.51. The fraction of sp³-hybridized carbons (Fsp3) is 0.222. The second-order valence-electron chi connectivity index (χ2n) is 5.49. The van der Waals surface area contributed by atoms with Crippen LogP contribution >= 0.6 is 0 Å². The first-order valence-corrected chi connectivity index (χ1v) is 7.07. The van der Waals surface area contributed by atoms with E-state index in [1.54, 1.807) is 18.0 Å². The molecule has 0 atom stereocenters. The molecule has 21 heavy (non-hydrogen) atoms. The van der Waals surface area contributed by atoms with Crippen molar-refractivity contribution < 1.29 is 9.59 Å². The average molecular weight is 279 g/mol. The number of benzene rings is 2. The highest BCUT2D eigenvalue weighted by Gasteiger charge is 2.22. The Labute approximate surface area is 124 Å². The summed E-state index contributed by atoms with van der Waals surface area (Å²) >= 11 is 0. The first-order chi connectivity index (χ1) is 10.1. The van der Waals surface area contributed by atoms with E-state index >= 15 is 0 Å². The molecule has 3 rings (SSSR count). The van der Waals surface area contributed by atoms with Crippen LogP contribution in [0.3, 0.4) is 0 Å². The molecule has 106 valence electrons. The standard InChI is InChI=1S/C18H17NO2/c1-12-3-5-13(6-4-12)18(21)15-7-9-16-14(11-15)8-10-17(20)19(16)2/h3-7,9,11H,8,10H2,1-2H3. The van der Waals surface area contributed by atoms with Crippen molar-refractivity contribution in [3.05, 3.63) is 64.7 Å². The highest BCUT2D eigenvalue weighted by Crippen LogP contribution is 2.28. The van der Waals surface area contributed by atoms with Crippen LogP contribution in [0.5, 0.6) is 0 Å². The molecule has 1 amide bonds. The Morgan fingerprint density at radius 1 is 1.00 bits per heavy atom. The van der Waals surface area contributed by atoms with Crippen molar-refractivity contribution in [1.29, 1.82) is 0 Å². The Morgan fingerprint density at radius 2 is 1.67 bits per heavy atom. The molecule has 0 unspecified atom stereocenters. The molecule has 0 spiro atoms. The number of hydrogen-bond acceptors (Lipinski definition) is 2. The van der Waals surface area contributed by atoms with Gasteiger partial charge >= 0.3 is 0 Å². The summed E-state index contributed by atoms with van der Waals surface area (Å²) < 4.78 is 0. The Balaban J connectivity index is 1.95. The largest absolute Gasteiger partial charge is 0.315 e. The van der Waals surface area contributed by atoms with Gasteiger partial charge in [0.15, 0.2) is 5.78 Å². The van der Waals surface area contributed by atoms with Crippen molar-refractivity contribution in [2.45, 2.75) is 19.8 Å². The molecule has 1 aliphatic rings. The molecule has 0 saturated heterocycles. The van der Waals surface area contributed by atoms with Gasteiger partial charge in [0, 0.05) is 30.3 Å². The van der Waals surface area contributed by atoms with E-state index in [0.717, 1.165) is 16.8 Å². The minimum Gasteiger partial charge on any atom is -0.315 e. The SMILES string of the molecule is Cc1ccc(C(=O)c2ccc3c(c2)CCC(=O)N3C)cc1. The second kappa shape index (κ2) is 5.17. The van der Waals surface area contributed by atoms with Crippen molar-refractivity contribution in [2.24, 2.45) is 0 Å². The molecule has 3 nitrogen and oxygen atoms in total. The normalized spacial score (nSPS) is 14.0. The fourth-order valence-electron chi connectivity index (χ4n) is 2.67. The molecule has 0 saturated carbocycles. The number of rotatable bonds is 2. The van der Waals surface area contributed by atoms with Crippen LogP contribution in [0.1, 0.15) is 33.5 Å². The number of amides is 1. The zero-order valence-corrected chi connectivity index (χ0v) is 12.2. The van der Waals surface area contributed by atoms with E-state index in [0.29, 0.717) is 24.0 Å². The molecule has 2 aromatic rings. The van der Waals surface area contributed by atoms with Crippen LogP contribution in [-0.4, -0.2) is 18.7 Å². The van der Waals surface area contributed by atoms with Crippen LogP contribution in [0.2, 0.25) is 0 Å². The maximum absolute atomic E-state index is 12.5. The molecule has 1 aliphatic heterocycles. The highest BCUT2D eigenvalue weighted by atomic mass is 16.2. The van der Waals surface area contributed by atoms with Gasteiger partial charge in [0.05, 0.1) is 0 Å². The van der Waals surface area contributed by atoms with E-state index in [1.165, 1.54) is 0 Å². The molecule has 1 heterocycles. The van der Waals surface area contributed by atoms with E-state index in [9.17, 15) is 9.59 Å². The lowest BCUT2D eigenvalue weighted by molar-refractivity contribution is -0.118. The van der Waals surface area contributed by atoms with E-state index in [4.69, 9.17) is 0 Å². The van der Waals surface area contributed by atoms with E-state index in [1.807, 2.05) is 43.3 Å². The first-order valence-electron chi connectivity index (χ1n) is 7.07. The van der Waals surface area contributed by atoms with Crippen LogP contribution in [0, 0.1) is 6.92 Å². The van der Waals surface area contributed by atoms with Crippen molar-refractivity contribution in [3.8, 4) is 0 Å². The molecule has 0 radical (unpaired) electrons. The second-order valence-corrected chi connectivity index (χ2v) is 5.49. The molecule has 0 N–H and O–H groups in total. The first kappa shape index (κ1) is 13.6. The predicted molar refractivity (Wildman–Crippen MR) is 82.8 cm³/mol. The number of ketones is 1. The molecular weight excluding hydrogens is 262 g/mol. The maximum atomic E-state index is 12.5. The minimum atomic E-state index is 0.0253. The summed E-state index contributed by atoms with van der Waals surface area (Å²) in [5, 5.41) is 0. The Morgan fingerprint density at radius 3 is 2.38 bits per heavy atom. The number of anilines is 1. The van der Waals surface area contributed by atoms with Crippen LogP contribution in [0.4, 0.5) is 5.69 Å². The number of nitrogens with zero attached hydrogens (tertiary/aromatic N) is 1. The van der Waals surface area contributed by atoms with Crippen molar-refractivity contribution >= 4 is 17.4 Å². The summed E-state index contributed by atoms with van der Waals surface area (Å²) in [6, 6.07) is 13.2. The van der Waals surface area contributed by atoms with Gasteiger partial charge in [-0.05, 0) is 37.1 Å². The number of aryl methyl sites for hydroxylation is 2. The molecule has 0 fully saturated rings. The number of carbonyl (C=O) groups is 2. The molecule has 0 aliphatic carbocycles. The maximum Gasteiger partial charge on any atom is 0.227 e. The zero-order chi connectivity index (χ0) is 15.0. The van der Waals surface area contributed by atoms with Gasteiger partial charge in [-0.3, -0.25) is 9.59 Å². The van der Waals surface area contributed by atoms with Crippen molar-refractivity contribution in [3.63, 3.8) is 0 Å². The molecule has 0 bridgehead atoms. The lowest BCUT2D eigenvalue weighted by Gasteiger charge is -2.26. The van der Waals surface area contributed by atoms with Crippen LogP contribution in [0.15, 0.2) is 42.5 Å². The Bertz CT molecular complexity index is 716. The van der Waals surface area contributed by atoms with Gasteiger partial charge < -0.3 is 4.90 Å². The summed E-state index contributed by atoms with van der Waals surface area (Å²) in [6.45, 7) is 2.00. The molecule has 2 aromatic carbocycles. The van der Waals surface area contributed by atoms with E-state index in [-0.39, 0.29) is 11.7 Å². The van der Waals surface area contributed by atoms with Gasteiger partial charge in [0.2, 0.25) is 5.91 Å². The van der Waals surface area contributed by atoms with Crippen LogP contribution in [-0.2, 0) is 11.2 Å². The Hall–Kier alpha value is -2.42. The minimum absolute atomic E-state index is 0.0253. The number of fused-ring (bicyclic) bond motifs is 1. The van der Waals surface area contributed by atoms with Gasteiger partial charge in [-0.1, -0.05) is 29.8 Å². The summed E-state index contributed by atoms with van der Waals surface area (Å²) in [5.41, 5.74) is 4.49. The quantitative estimate of drug-likeness (QED) is 0.792. The summed E-state index contributed by atoms with van der Waals surface area (Å²) in [5.74, 6) is 0.150. The van der Waals surface area contributed by atoms with Gasteiger partial charge in [-0.25, -0.2) is 0 Å². The highest BCUT2D eigenvalue weighted by molar-refractivity contribution is 6.09.